The maximum Gasteiger partial charge on any atom is 0.0546 e. The molecule has 0 spiro atoms. The van der Waals surface area contributed by atoms with Crippen LogP contribution in [0, 0.1) is 26.0 Å². The number of hydrogen-bond acceptors (Lipinski definition) is 2. The second-order valence-electron chi connectivity index (χ2n) is 12.2. The molecular formula is C46H34N2. The Bertz CT molecular complexity index is 2200. The van der Waals surface area contributed by atoms with Crippen LogP contribution in [-0.2, 0) is 0 Å². The summed E-state index contributed by atoms with van der Waals surface area (Å²) in [6.45, 7) is 4.44. The van der Waals surface area contributed by atoms with Crippen molar-refractivity contribution in [2.45, 2.75) is 13.8 Å². The third-order valence-electron chi connectivity index (χ3n) is 9.13. The van der Waals surface area contributed by atoms with Crippen molar-refractivity contribution in [2.75, 3.05) is 9.80 Å². The van der Waals surface area contributed by atoms with Crippen LogP contribution in [0.5, 0.6) is 0 Å². The lowest BCUT2D eigenvalue weighted by atomic mass is 9.95. The number of rotatable bonds is 7. The van der Waals surface area contributed by atoms with Crippen LogP contribution < -0.4 is 9.80 Å². The van der Waals surface area contributed by atoms with E-state index in [1.807, 2.05) is 6.07 Å². The third-order valence-corrected chi connectivity index (χ3v) is 9.13. The van der Waals surface area contributed by atoms with Crippen molar-refractivity contribution < 1.29 is 0 Å². The summed E-state index contributed by atoms with van der Waals surface area (Å²) in [5.74, 6) is 0. The van der Waals surface area contributed by atoms with Crippen LogP contribution in [0.3, 0.4) is 0 Å². The highest BCUT2D eigenvalue weighted by Gasteiger charge is 2.19. The average molecular weight is 615 g/mol. The Balaban J connectivity index is 1.21. The van der Waals surface area contributed by atoms with Crippen molar-refractivity contribution in [3.63, 3.8) is 0 Å². The fourth-order valence-corrected chi connectivity index (χ4v) is 6.87. The maximum atomic E-state index is 3.28. The van der Waals surface area contributed by atoms with E-state index < -0.39 is 0 Å². The van der Waals surface area contributed by atoms with Gasteiger partial charge in [0.2, 0.25) is 0 Å². The van der Waals surface area contributed by atoms with E-state index in [0.29, 0.717) is 0 Å². The Kier molecular flexibility index (Phi) is 7.57. The molecule has 0 N–H and O–H groups in total. The zero-order chi connectivity index (χ0) is 32.5. The lowest BCUT2D eigenvalue weighted by Gasteiger charge is -2.28. The number of para-hydroxylation sites is 2. The molecule has 228 valence electrons. The minimum absolute atomic E-state index is 1.05. The van der Waals surface area contributed by atoms with Gasteiger partial charge in [-0.2, -0.15) is 0 Å². The number of benzene rings is 7. The molecule has 8 rings (SSSR count). The summed E-state index contributed by atoms with van der Waals surface area (Å²) in [6.07, 6.45) is 0. The Morgan fingerprint density at radius 1 is 0.417 bits per heavy atom. The predicted molar refractivity (Wildman–Crippen MR) is 203 cm³/mol. The zero-order valence-electron chi connectivity index (χ0n) is 27.1. The largest absolute Gasteiger partial charge is 0.310 e. The standard InChI is InChI=1S/C46H34N2/c1-33-31-39(47(37-19-5-3-6-20-37)45-25-13-17-35-15-9-11-23-43(35)45)27-29-41(33)42-30-28-40(32-34(42)2)48(38-21-7-4-8-22-38)46-26-14-18-36-16-10-12-24-44(36)46/h3-9,11-15,17-32H,1-2H3. The van der Waals surface area contributed by atoms with Crippen molar-refractivity contribution in [1.29, 1.82) is 0 Å². The number of hydrogen-bond donors (Lipinski definition) is 0. The topological polar surface area (TPSA) is 6.48 Å². The molecule has 2 heteroatoms. The molecule has 8 aromatic carbocycles. The first-order valence-electron chi connectivity index (χ1n) is 16.4. The van der Waals surface area contributed by atoms with Gasteiger partial charge in [0, 0.05) is 38.9 Å². The number of aryl methyl sites for hydroxylation is 2. The first-order valence-corrected chi connectivity index (χ1v) is 16.4. The van der Waals surface area contributed by atoms with Gasteiger partial charge in [-0.25, -0.2) is 0 Å². The zero-order valence-corrected chi connectivity index (χ0v) is 27.1. The van der Waals surface area contributed by atoms with Crippen molar-refractivity contribution in [1.82, 2.24) is 0 Å². The van der Waals surface area contributed by atoms with Crippen LogP contribution >= 0.6 is 0 Å². The summed E-state index contributed by atoms with van der Waals surface area (Å²) >= 11 is 0. The van der Waals surface area contributed by atoms with E-state index >= 15 is 0 Å². The maximum absolute atomic E-state index is 3.28. The highest BCUT2D eigenvalue weighted by Crippen LogP contribution is 2.43. The molecule has 0 aliphatic carbocycles. The van der Waals surface area contributed by atoms with Crippen LogP contribution in [0.1, 0.15) is 11.1 Å². The molecule has 0 radical (unpaired) electrons. The Morgan fingerprint density at radius 3 is 1.54 bits per heavy atom. The normalized spacial score (nSPS) is 11.0. The third kappa shape index (κ3) is 5.32. The van der Waals surface area contributed by atoms with E-state index in [4.69, 9.17) is 0 Å². The van der Waals surface area contributed by atoms with Gasteiger partial charge in [-0.15, -0.1) is 0 Å². The quantitative estimate of drug-likeness (QED) is 0.176. The summed E-state index contributed by atoms with van der Waals surface area (Å²) in [4.78, 5) is 4.71. The van der Waals surface area contributed by atoms with Crippen molar-refractivity contribution in [3.05, 3.63) is 193 Å². The minimum Gasteiger partial charge on any atom is -0.310 e. The van der Waals surface area contributed by atoms with Gasteiger partial charge >= 0.3 is 0 Å². The van der Waals surface area contributed by atoms with E-state index in [1.54, 1.807) is 0 Å². The Hall–Kier alpha value is -6.30. The second-order valence-corrected chi connectivity index (χ2v) is 12.2. The number of anilines is 6. The summed E-state index contributed by atoms with van der Waals surface area (Å²) in [6, 6.07) is 66.9. The molecule has 0 saturated carbocycles. The number of nitrogens with zero attached hydrogens (tertiary/aromatic N) is 2. The number of fused-ring (bicyclic) bond motifs is 2. The van der Waals surface area contributed by atoms with Crippen LogP contribution in [0.2, 0.25) is 0 Å². The molecule has 2 nitrogen and oxygen atoms in total. The van der Waals surface area contributed by atoms with Crippen LogP contribution in [0.15, 0.2) is 170 Å². The molecule has 0 aliphatic heterocycles. The van der Waals surface area contributed by atoms with Crippen LogP contribution in [0.25, 0.3) is 32.7 Å². The van der Waals surface area contributed by atoms with Crippen molar-refractivity contribution in [2.24, 2.45) is 0 Å². The van der Waals surface area contributed by atoms with Crippen molar-refractivity contribution >= 4 is 55.7 Å². The minimum atomic E-state index is 1.05. The van der Waals surface area contributed by atoms with Gasteiger partial charge in [0.05, 0.1) is 11.4 Å². The van der Waals surface area contributed by atoms with Crippen molar-refractivity contribution in [3.8, 4) is 11.1 Å². The van der Waals surface area contributed by atoms with E-state index in [9.17, 15) is 0 Å². The highest BCUT2D eigenvalue weighted by molar-refractivity contribution is 6.00. The van der Waals surface area contributed by atoms with Gasteiger partial charge in [0.25, 0.3) is 0 Å². The van der Waals surface area contributed by atoms with Crippen LogP contribution in [-0.4, -0.2) is 0 Å². The molecule has 0 heterocycles. The van der Waals surface area contributed by atoms with Gasteiger partial charge in [-0.05, 0) is 120 Å². The molecule has 0 saturated heterocycles. The monoisotopic (exact) mass is 614 g/mol. The molecule has 48 heavy (non-hydrogen) atoms. The molecular weight excluding hydrogens is 581 g/mol. The van der Waals surface area contributed by atoms with Gasteiger partial charge in [0.1, 0.15) is 0 Å². The molecule has 0 atom stereocenters. The SMILES string of the molecule is Cc1cc(N(c2ccccc2)c2cccc3c#cccc23)ccc1-c1ccc(N(c2ccccc2)c2cccc3ccccc23)cc1C. The van der Waals surface area contributed by atoms with Gasteiger partial charge in [-0.3, -0.25) is 0 Å². The summed E-state index contributed by atoms with van der Waals surface area (Å²) in [5.41, 5.74) is 11.7. The van der Waals surface area contributed by atoms with Crippen LogP contribution in [0.4, 0.5) is 34.1 Å². The lowest BCUT2D eigenvalue weighted by Crippen LogP contribution is -2.11. The summed E-state index contributed by atoms with van der Waals surface area (Å²) in [5, 5.41) is 4.64. The Morgan fingerprint density at radius 2 is 0.938 bits per heavy atom. The average Bonchev–Trinajstić information content (AvgIpc) is 3.13. The second kappa shape index (κ2) is 12.5. The van der Waals surface area contributed by atoms with E-state index in [0.717, 1.165) is 44.9 Å². The summed E-state index contributed by atoms with van der Waals surface area (Å²) in [7, 11) is 0. The molecule has 0 aromatic heterocycles. The van der Waals surface area contributed by atoms with E-state index in [2.05, 4.69) is 200 Å². The fourth-order valence-electron chi connectivity index (χ4n) is 6.87. The highest BCUT2D eigenvalue weighted by atomic mass is 15.1. The first kappa shape index (κ1) is 29.1. The molecule has 0 fully saturated rings. The Labute approximate surface area is 282 Å². The smallest absolute Gasteiger partial charge is 0.0546 e. The molecule has 0 bridgehead atoms. The molecule has 0 amide bonds. The van der Waals surface area contributed by atoms with Gasteiger partial charge < -0.3 is 9.80 Å². The fraction of sp³-hybridized carbons (Fsp3) is 0.0435. The molecule has 8 aromatic rings. The first-order chi connectivity index (χ1) is 23.7. The molecule has 0 aliphatic rings. The van der Waals surface area contributed by atoms with Gasteiger partial charge in [-0.1, -0.05) is 103 Å². The lowest BCUT2D eigenvalue weighted by molar-refractivity contribution is 1.27. The van der Waals surface area contributed by atoms with E-state index in [1.165, 1.54) is 33.0 Å². The predicted octanol–water partition coefficient (Wildman–Crippen LogP) is 12.8. The summed E-state index contributed by atoms with van der Waals surface area (Å²) < 4.78 is 0. The molecule has 0 unspecified atom stereocenters. The van der Waals surface area contributed by atoms with Gasteiger partial charge in [0.15, 0.2) is 0 Å². The van der Waals surface area contributed by atoms with E-state index in [-0.39, 0.29) is 0 Å².